The number of hydrogen-bond acceptors (Lipinski definition) is 4. The van der Waals surface area contributed by atoms with Gasteiger partial charge in [-0.2, -0.15) is 5.10 Å². The van der Waals surface area contributed by atoms with Crippen LogP contribution in [-0.2, 0) is 7.05 Å². The van der Waals surface area contributed by atoms with Crippen molar-refractivity contribution in [2.24, 2.45) is 7.05 Å². The zero-order chi connectivity index (χ0) is 17.7. The van der Waals surface area contributed by atoms with Crippen LogP contribution in [0.1, 0.15) is 22.5 Å². The fourth-order valence-corrected chi connectivity index (χ4v) is 2.54. The van der Waals surface area contributed by atoms with Crippen LogP contribution >= 0.6 is 0 Å². The number of rotatable bonds is 7. The summed E-state index contributed by atoms with van der Waals surface area (Å²) >= 11 is 0. The number of carbonyl (C=O) groups is 1. The maximum Gasteiger partial charge on any atom is 0.271 e. The number of amides is 1. The third kappa shape index (κ3) is 4.35. The van der Waals surface area contributed by atoms with E-state index in [1.807, 2.05) is 46.3 Å². The summed E-state index contributed by atoms with van der Waals surface area (Å²) in [7, 11) is 7.51. The molecule has 0 saturated heterocycles. The second-order valence-corrected chi connectivity index (χ2v) is 6.15. The van der Waals surface area contributed by atoms with Gasteiger partial charge in [-0.15, -0.1) is 0 Å². The van der Waals surface area contributed by atoms with Crippen molar-refractivity contribution in [1.82, 2.24) is 20.0 Å². The molecule has 1 amide bonds. The Morgan fingerprint density at radius 2 is 2.08 bits per heavy atom. The van der Waals surface area contributed by atoms with Crippen LogP contribution in [-0.4, -0.2) is 54.9 Å². The molecule has 0 aliphatic rings. The Morgan fingerprint density at radius 3 is 2.75 bits per heavy atom. The molecule has 1 aromatic heterocycles. The lowest BCUT2D eigenvalue weighted by Crippen LogP contribution is -2.27. The SMILES string of the molecule is COc1ccc(C)cc1-c1cc(C(=O)NCCCN(C)C)nn1C. The summed E-state index contributed by atoms with van der Waals surface area (Å²) in [4.78, 5) is 14.4. The molecule has 1 N–H and O–H groups in total. The molecule has 1 aromatic carbocycles. The van der Waals surface area contributed by atoms with Crippen LogP contribution in [0, 0.1) is 6.92 Å². The van der Waals surface area contributed by atoms with E-state index in [1.54, 1.807) is 17.9 Å². The molecule has 0 atom stereocenters. The van der Waals surface area contributed by atoms with Gasteiger partial charge in [0.15, 0.2) is 5.69 Å². The van der Waals surface area contributed by atoms with Crippen molar-refractivity contribution < 1.29 is 9.53 Å². The minimum absolute atomic E-state index is 0.151. The van der Waals surface area contributed by atoms with Crippen molar-refractivity contribution in [2.75, 3.05) is 34.3 Å². The monoisotopic (exact) mass is 330 g/mol. The molecule has 0 fully saturated rings. The molecule has 0 aliphatic heterocycles. The summed E-state index contributed by atoms with van der Waals surface area (Å²) in [5.74, 6) is 0.615. The summed E-state index contributed by atoms with van der Waals surface area (Å²) in [5.41, 5.74) is 3.33. The number of benzene rings is 1. The van der Waals surface area contributed by atoms with Crippen LogP contribution in [0.3, 0.4) is 0 Å². The smallest absolute Gasteiger partial charge is 0.271 e. The van der Waals surface area contributed by atoms with Gasteiger partial charge in [0.25, 0.3) is 5.91 Å². The van der Waals surface area contributed by atoms with E-state index in [2.05, 4.69) is 15.3 Å². The van der Waals surface area contributed by atoms with Gasteiger partial charge in [0.1, 0.15) is 5.75 Å². The molecule has 1 heterocycles. The third-order valence-corrected chi connectivity index (χ3v) is 3.81. The topological polar surface area (TPSA) is 59.4 Å². The molecule has 6 heteroatoms. The van der Waals surface area contributed by atoms with Gasteiger partial charge in [-0.25, -0.2) is 0 Å². The maximum absolute atomic E-state index is 12.3. The van der Waals surface area contributed by atoms with Gasteiger partial charge >= 0.3 is 0 Å². The minimum atomic E-state index is -0.151. The first-order chi connectivity index (χ1) is 11.4. The predicted molar refractivity (Wildman–Crippen MR) is 95.4 cm³/mol. The highest BCUT2D eigenvalue weighted by Crippen LogP contribution is 2.31. The largest absolute Gasteiger partial charge is 0.496 e. The second-order valence-electron chi connectivity index (χ2n) is 6.15. The highest BCUT2D eigenvalue weighted by Gasteiger charge is 2.16. The van der Waals surface area contributed by atoms with Gasteiger partial charge < -0.3 is 15.0 Å². The Balaban J connectivity index is 2.15. The number of hydrogen-bond donors (Lipinski definition) is 1. The van der Waals surface area contributed by atoms with Crippen molar-refractivity contribution in [2.45, 2.75) is 13.3 Å². The molecule has 2 aromatic rings. The highest BCUT2D eigenvalue weighted by atomic mass is 16.5. The predicted octanol–water partition coefficient (Wildman–Crippen LogP) is 2.09. The third-order valence-electron chi connectivity index (χ3n) is 3.81. The van der Waals surface area contributed by atoms with E-state index in [0.717, 1.165) is 35.5 Å². The molecule has 130 valence electrons. The molecule has 6 nitrogen and oxygen atoms in total. The van der Waals surface area contributed by atoms with Crippen molar-refractivity contribution >= 4 is 5.91 Å². The molecule has 0 unspecified atom stereocenters. The summed E-state index contributed by atoms with van der Waals surface area (Å²) in [6.45, 7) is 3.60. The molecule has 24 heavy (non-hydrogen) atoms. The Hall–Kier alpha value is -2.34. The van der Waals surface area contributed by atoms with Gasteiger partial charge in [-0.1, -0.05) is 11.6 Å². The Morgan fingerprint density at radius 1 is 1.33 bits per heavy atom. The maximum atomic E-state index is 12.3. The quantitative estimate of drug-likeness (QED) is 0.790. The molecule has 0 spiro atoms. The van der Waals surface area contributed by atoms with Crippen LogP contribution < -0.4 is 10.1 Å². The van der Waals surface area contributed by atoms with Crippen LogP contribution in [0.2, 0.25) is 0 Å². The fourth-order valence-electron chi connectivity index (χ4n) is 2.54. The highest BCUT2D eigenvalue weighted by molar-refractivity contribution is 5.93. The van der Waals surface area contributed by atoms with Crippen molar-refractivity contribution in [3.63, 3.8) is 0 Å². The summed E-state index contributed by atoms with van der Waals surface area (Å²) in [6.07, 6.45) is 0.907. The fraction of sp³-hybridized carbons (Fsp3) is 0.444. The van der Waals surface area contributed by atoms with Gasteiger partial charge in [0, 0.05) is 19.2 Å². The Bertz CT molecular complexity index is 707. The Labute approximate surface area is 143 Å². The van der Waals surface area contributed by atoms with Crippen LogP contribution in [0.4, 0.5) is 0 Å². The molecular formula is C18H26N4O2. The summed E-state index contributed by atoms with van der Waals surface area (Å²) in [5, 5.41) is 7.26. The lowest BCUT2D eigenvalue weighted by Gasteiger charge is -2.09. The van der Waals surface area contributed by atoms with E-state index in [1.165, 1.54) is 0 Å². The zero-order valence-electron chi connectivity index (χ0n) is 15.1. The molecule has 0 bridgehead atoms. The molecular weight excluding hydrogens is 304 g/mol. The van der Waals surface area contributed by atoms with Gasteiger partial charge in [0.2, 0.25) is 0 Å². The number of aromatic nitrogens is 2. The van der Waals surface area contributed by atoms with Crippen molar-refractivity contribution in [1.29, 1.82) is 0 Å². The van der Waals surface area contributed by atoms with E-state index in [9.17, 15) is 4.79 Å². The van der Waals surface area contributed by atoms with Crippen molar-refractivity contribution in [3.05, 3.63) is 35.5 Å². The molecule has 0 aliphatic carbocycles. The summed E-state index contributed by atoms with van der Waals surface area (Å²) < 4.78 is 7.15. The minimum Gasteiger partial charge on any atom is -0.496 e. The van der Waals surface area contributed by atoms with E-state index < -0.39 is 0 Å². The van der Waals surface area contributed by atoms with Gasteiger partial charge in [-0.05, 0) is 52.2 Å². The average Bonchev–Trinajstić information content (AvgIpc) is 2.93. The summed E-state index contributed by atoms with van der Waals surface area (Å²) in [6, 6.07) is 7.77. The molecule has 0 radical (unpaired) electrons. The lowest BCUT2D eigenvalue weighted by atomic mass is 10.1. The average molecular weight is 330 g/mol. The zero-order valence-corrected chi connectivity index (χ0v) is 15.1. The van der Waals surface area contributed by atoms with Crippen LogP contribution in [0.25, 0.3) is 11.3 Å². The molecule has 2 rings (SSSR count). The number of methoxy groups -OCH3 is 1. The number of carbonyl (C=O) groups excluding carboxylic acids is 1. The normalized spacial score (nSPS) is 10.9. The van der Waals surface area contributed by atoms with Crippen LogP contribution in [0.15, 0.2) is 24.3 Å². The molecule has 0 saturated carbocycles. The van der Waals surface area contributed by atoms with E-state index in [4.69, 9.17) is 4.74 Å². The van der Waals surface area contributed by atoms with Gasteiger partial charge in [0.05, 0.1) is 12.8 Å². The van der Waals surface area contributed by atoms with Crippen LogP contribution in [0.5, 0.6) is 5.75 Å². The second kappa shape index (κ2) is 7.97. The first-order valence-electron chi connectivity index (χ1n) is 8.04. The van der Waals surface area contributed by atoms with E-state index in [0.29, 0.717) is 12.2 Å². The van der Waals surface area contributed by atoms with E-state index >= 15 is 0 Å². The first kappa shape index (κ1) is 18.0. The number of ether oxygens (including phenoxy) is 1. The Kier molecular flexibility index (Phi) is 5.98. The first-order valence-corrected chi connectivity index (χ1v) is 8.04. The number of nitrogens with one attached hydrogen (secondary N) is 1. The standard InChI is InChI=1S/C18H26N4O2/c1-13-7-8-17(24-5)14(11-13)16-12-15(20-22(16)4)18(23)19-9-6-10-21(2)3/h7-8,11-12H,6,9-10H2,1-5H3,(H,19,23). The van der Waals surface area contributed by atoms with Crippen molar-refractivity contribution in [3.8, 4) is 17.0 Å². The van der Waals surface area contributed by atoms with E-state index in [-0.39, 0.29) is 5.91 Å². The number of nitrogens with zero attached hydrogens (tertiary/aromatic N) is 3. The lowest BCUT2D eigenvalue weighted by molar-refractivity contribution is 0.0946. The van der Waals surface area contributed by atoms with Gasteiger partial charge in [-0.3, -0.25) is 9.48 Å². The number of aryl methyl sites for hydroxylation is 2.